The van der Waals surface area contributed by atoms with Crippen LogP contribution in [0.1, 0.15) is 58.3 Å². The third kappa shape index (κ3) is 3.09. The van der Waals surface area contributed by atoms with Crippen molar-refractivity contribution in [2.75, 3.05) is 13.6 Å². The fourth-order valence-corrected chi connectivity index (χ4v) is 3.82. The normalized spacial score (nSPS) is 32.9. The Kier molecular flexibility index (Phi) is 4.24. The van der Waals surface area contributed by atoms with E-state index in [1.165, 1.54) is 44.8 Å². The molecule has 0 aromatic carbocycles. The third-order valence-corrected chi connectivity index (χ3v) is 4.95. The zero-order valence-electron chi connectivity index (χ0n) is 11.5. The Hall–Kier alpha value is -0.370. The molecule has 2 fully saturated rings. The van der Waals surface area contributed by atoms with Crippen LogP contribution in [0.5, 0.6) is 0 Å². The van der Waals surface area contributed by atoms with Gasteiger partial charge in [0.05, 0.1) is 0 Å². The fraction of sp³-hybridized carbons (Fsp3) is 0.933. The van der Waals surface area contributed by atoms with E-state index in [9.17, 15) is 4.79 Å². The van der Waals surface area contributed by atoms with Crippen molar-refractivity contribution < 1.29 is 4.79 Å². The van der Waals surface area contributed by atoms with Gasteiger partial charge in [0.1, 0.15) is 6.29 Å². The van der Waals surface area contributed by atoms with E-state index in [1.807, 2.05) is 0 Å². The third-order valence-electron chi connectivity index (χ3n) is 4.95. The predicted octanol–water partition coefficient (Wildman–Crippen LogP) is 3.26. The minimum Gasteiger partial charge on any atom is -0.303 e. The molecule has 2 heteroatoms. The lowest BCUT2D eigenvalue weighted by atomic mass is 9.83. The summed E-state index contributed by atoms with van der Waals surface area (Å²) in [7, 11) is 2.23. The van der Waals surface area contributed by atoms with Gasteiger partial charge in [-0.15, -0.1) is 0 Å². The molecule has 0 radical (unpaired) electrons. The number of carbonyl (C=O) groups excluding carboxylic acids is 1. The molecule has 2 saturated carbocycles. The molecular formula is C15H27NO. The predicted molar refractivity (Wildman–Crippen MR) is 71.0 cm³/mol. The average molecular weight is 237 g/mol. The van der Waals surface area contributed by atoms with E-state index in [0.29, 0.717) is 0 Å². The van der Waals surface area contributed by atoms with Crippen LogP contribution >= 0.6 is 0 Å². The van der Waals surface area contributed by atoms with Crippen molar-refractivity contribution in [3.63, 3.8) is 0 Å². The number of carbonyl (C=O) groups is 1. The molecule has 2 unspecified atom stereocenters. The first-order chi connectivity index (χ1) is 8.15. The summed E-state index contributed by atoms with van der Waals surface area (Å²) in [6.45, 7) is 3.36. The number of aldehydes is 1. The molecule has 0 aromatic rings. The number of rotatable bonds is 4. The maximum atomic E-state index is 11.4. The second kappa shape index (κ2) is 5.51. The standard InChI is InChI=1S/C15H27NO/c1-13-6-5-7-14(10-13)16(2)11-15(12-17)8-3-4-9-15/h12-14H,3-11H2,1-2H3. The van der Waals surface area contributed by atoms with Crippen LogP contribution in [0, 0.1) is 11.3 Å². The van der Waals surface area contributed by atoms with Crippen molar-refractivity contribution in [3.8, 4) is 0 Å². The molecule has 2 atom stereocenters. The highest BCUT2D eigenvalue weighted by molar-refractivity contribution is 5.60. The molecule has 98 valence electrons. The zero-order chi connectivity index (χ0) is 12.3. The molecule has 2 aliphatic carbocycles. The van der Waals surface area contributed by atoms with E-state index in [1.54, 1.807) is 0 Å². The minimum atomic E-state index is -0.00453. The molecular weight excluding hydrogens is 210 g/mol. The lowest BCUT2D eigenvalue weighted by Gasteiger charge is -2.38. The summed E-state index contributed by atoms with van der Waals surface area (Å²) >= 11 is 0. The smallest absolute Gasteiger partial charge is 0.127 e. The summed E-state index contributed by atoms with van der Waals surface area (Å²) in [4.78, 5) is 13.9. The molecule has 2 aliphatic rings. The van der Waals surface area contributed by atoms with E-state index in [0.717, 1.165) is 31.3 Å². The highest BCUT2D eigenvalue weighted by Gasteiger charge is 2.36. The van der Waals surface area contributed by atoms with Crippen molar-refractivity contribution in [2.24, 2.45) is 11.3 Å². The Balaban J connectivity index is 1.90. The first-order valence-corrected chi connectivity index (χ1v) is 7.32. The topological polar surface area (TPSA) is 20.3 Å². The molecule has 0 amide bonds. The molecule has 0 spiro atoms. The highest BCUT2D eigenvalue weighted by Crippen LogP contribution is 2.38. The van der Waals surface area contributed by atoms with Crippen LogP contribution in [-0.4, -0.2) is 30.8 Å². The van der Waals surface area contributed by atoms with E-state index >= 15 is 0 Å². The van der Waals surface area contributed by atoms with Crippen LogP contribution in [0.4, 0.5) is 0 Å². The number of hydrogen-bond donors (Lipinski definition) is 0. The summed E-state index contributed by atoms with van der Waals surface area (Å²) in [5, 5.41) is 0. The van der Waals surface area contributed by atoms with Gasteiger partial charge in [-0.1, -0.05) is 32.6 Å². The Bertz CT molecular complexity index is 258. The van der Waals surface area contributed by atoms with Gasteiger partial charge in [0, 0.05) is 18.0 Å². The van der Waals surface area contributed by atoms with Crippen molar-refractivity contribution >= 4 is 6.29 Å². The summed E-state index contributed by atoms with van der Waals surface area (Å²) in [6, 6.07) is 0.719. The molecule has 0 heterocycles. The second-order valence-electron chi connectivity index (χ2n) is 6.53. The lowest BCUT2D eigenvalue weighted by Crippen LogP contribution is -2.42. The maximum Gasteiger partial charge on any atom is 0.127 e. The lowest BCUT2D eigenvalue weighted by molar-refractivity contribution is -0.117. The molecule has 0 saturated heterocycles. The fourth-order valence-electron chi connectivity index (χ4n) is 3.82. The van der Waals surface area contributed by atoms with E-state index in [4.69, 9.17) is 0 Å². The second-order valence-corrected chi connectivity index (χ2v) is 6.53. The summed E-state index contributed by atoms with van der Waals surface area (Å²) in [5.74, 6) is 0.868. The molecule has 2 rings (SSSR count). The monoisotopic (exact) mass is 237 g/mol. The Labute approximate surface area is 106 Å². The zero-order valence-corrected chi connectivity index (χ0v) is 11.5. The van der Waals surface area contributed by atoms with Crippen LogP contribution in [0.25, 0.3) is 0 Å². The van der Waals surface area contributed by atoms with Gasteiger partial charge < -0.3 is 9.69 Å². The molecule has 0 N–H and O–H groups in total. The van der Waals surface area contributed by atoms with Crippen molar-refractivity contribution in [2.45, 2.75) is 64.3 Å². The van der Waals surface area contributed by atoms with Gasteiger partial charge in [-0.3, -0.25) is 0 Å². The van der Waals surface area contributed by atoms with Crippen molar-refractivity contribution in [1.29, 1.82) is 0 Å². The average Bonchev–Trinajstić information content (AvgIpc) is 2.78. The minimum absolute atomic E-state index is 0.00453. The highest BCUT2D eigenvalue weighted by atomic mass is 16.1. The number of nitrogens with zero attached hydrogens (tertiary/aromatic N) is 1. The van der Waals surface area contributed by atoms with Crippen LogP contribution in [0.2, 0.25) is 0 Å². The van der Waals surface area contributed by atoms with Crippen LogP contribution in [0.15, 0.2) is 0 Å². The number of hydrogen-bond acceptors (Lipinski definition) is 2. The Morgan fingerprint density at radius 3 is 2.53 bits per heavy atom. The van der Waals surface area contributed by atoms with Gasteiger partial charge in [0.2, 0.25) is 0 Å². The van der Waals surface area contributed by atoms with Crippen LogP contribution < -0.4 is 0 Å². The van der Waals surface area contributed by atoms with E-state index in [2.05, 4.69) is 18.9 Å². The molecule has 0 bridgehead atoms. The molecule has 17 heavy (non-hydrogen) atoms. The van der Waals surface area contributed by atoms with Crippen LogP contribution in [-0.2, 0) is 4.79 Å². The van der Waals surface area contributed by atoms with Gasteiger partial charge in [0.15, 0.2) is 0 Å². The molecule has 0 aliphatic heterocycles. The first kappa shape index (κ1) is 13.1. The van der Waals surface area contributed by atoms with Gasteiger partial charge in [-0.2, -0.15) is 0 Å². The Morgan fingerprint density at radius 1 is 1.24 bits per heavy atom. The SMILES string of the molecule is CC1CCCC(N(C)CC2(C=O)CCCC2)C1. The molecule has 2 nitrogen and oxygen atoms in total. The maximum absolute atomic E-state index is 11.4. The van der Waals surface area contributed by atoms with Gasteiger partial charge in [0.25, 0.3) is 0 Å². The van der Waals surface area contributed by atoms with Gasteiger partial charge >= 0.3 is 0 Å². The van der Waals surface area contributed by atoms with E-state index < -0.39 is 0 Å². The van der Waals surface area contributed by atoms with Crippen LogP contribution in [0.3, 0.4) is 0 Å². The summed E-state index contributed by atoms with van der Waals surface area (Å²) in [5.41, 5.74) is -0.00453. The Morgan fingerprint density at radius 2 is 1.94 bits per heavy atom. The van der Waals surface area contributed by atoms with Gasteiger partial charge in [-0.25, -0.2) is 0 Å². The van der Waals surface area contributed by atoms with Gasteiger partial charge in [-0.05, 0) is 38.6 Å². The summed E-state index contributed by atoms with van der Waals surface area (Å²) in [6.07, 6.45) is 11.4. The van der Waals surface area contributed by atoms with Crippen molar-refractivity contribution in [1.82, 2.24) is 4.90 Å². The summed E-state index contributed by atoms with van der Waals surface area (Å²) < 4.78 is 0. The largest absolute Gasteiger partial charge is 0.303 e. The first-order valence-electron chi connectivity index (χ1n) is 7.32. The van der Waals surface area contributed by atoms with Crippen molar-refractivity contribution in [3.05, 3.63) is 0 Å². The van der Waals surface area contributed by atoms with E-state index in [-0.39, 0.29) is 5.41 Å². The molecule has 0 aromatic heterocycles. The quantitative estimate of drug-likeness (QED) is 0.700.